The number of halogens is 2. The van der Waals surface area contributed by atoms with Crippen LogP contribution in [0.5, 0.6) is 0 Å². The van der Waals surface area contributed by atoms with Crippen molar-refractivity contribution in [3.63, 3.8) is 0 Å². The second-order valence-electron chi connectivity index (χ2n) is 4.90. The summed E-state index contributed by atoms with van der Waals surface area (Å²) < 4.78 is 5.76. The molecule has 21 heavy (non-hydrogen) atoms. The minimum Gasteiger partial charge on any atom is -0.459 e. The van der Waals surface area contributed by atoms with Crippen molar-refractivity contribution in [2.75, 3.05) is 0 Å². The molecule has 0 aliphatic heterocycles. The van der Waals surface area contributed by atoms with E-state index in [0.717, 1.165) is 22.3 Å². The van der Waals surface area contributed by atoms with E-state index in [-0.39, 0.29) is 5.78 Å². The van der Waals surface area contributed by atoms with Gasteiger partial charge in [0.1, 0.15) is 5.76 Å². The van der Waals surface area contributed by atoms with E-state index in [1.165, 1.54) is 0 Å². The van der Waals surface area contributed by atoms with Crippen molar-refractivity contribution in [3.8, 4) is 11.1 Å². The minimum atomic E-state index is 0.0383. The number of furan rings is 1. The van der Waals surface area contributed by atoms with E-state index < -0.39 is 0 Å². The Morgan fingerprint density at radius 3 is 2.24 bits per heavy atom. The van der Waals surface area contributed by atoms with Gasteiger partial charge in [0.05, 0.1) is 10.0 Å². The molecule has 0 fully saturated rings. The molecular formula is C17H12Cl2O2. The number of Topliss-reactive ketones (excluding diaryl/α,β-unsaturated/α-hetero) is 1. The molecule has 0 radical (unpaired) electrons. The number of hydrogen-bond donors (Lipinski definition) is 0. The van der Waals surface area contributed by atoms with Crippen molar-refractivity contribution in [2.24, 2.45) is 0 Å². The fraction of sp³-hybridized carbons (Fsp3) is 0.118. The highest BCUT2D eigenvalue weighted by atomic mass is 35.5. The van der Waals surface area contributed by atoms with Gasteiger partial charge in [0, 0.05) is 16.5 Å². The van der Waals surface area contributed by atoms with Crippen LogP contribution in [0.1, 0.15) is 23.0 Å². The van der Waals surface area contributed by atoms with E-state index in [9.17, 15) is 4.79 Å². The average molecular weight is 319 g/mol. The molecule has 0 unspecified atom stereocenters. The van der Waals surface area contributed by atoms with Gasteiger partial charge in [-0.1, -0.05) is 47.5 Å². The van der Waals surface area contributed by atoms with Crippen LogP contribution in [0.4, 0.5) is 0 Å². The highest BCUT2D eigenvalue weighted by Gasteiger charge is 2.18. The molecule has 1 heterocycles. The van der Waals surface area contributed by atoms with E-state index in [1.807, 2.05) is 19.1 Å². The summed E-state index contributed by atoms with van der Waals surface area (Å²) in [5.74, 6) is 0.784. The molecule has 0 aliphatic carbocycles. The first-order valence-electron chi connectivity index (χ1n) is 6.47. The minimum absolute atomic E-state index is 0.0383. The Kier molecular flexibility index (Phi) is 3.52. The van der Waals surface area contributed by atoms with E-state index >= 15 is 0 Å². The number of carbonyl (C=O) groups excluding carboxylic acids is 1. The van der Waals surface area contributed by atoms with Gasteiger partial charge in [-0.15, -0.1) is 0 Å². The van der Waals surface area contributed by atoms with Gasteiger partial charge in [0.15, 0.2) is 11.4 Å². The summed E-state index contributed by atoms with van der Waals surface area (Å²) >= 11 is 12.5. The van der Waals surface area contributed by atoms with Crippen LogP contribution < -0.4 is 0 Å². The second kappa shape index (κ2) is 5.21. The van der Waals surface area contributed by atoms with Gasteiger partial charge in [-0.05, 0) is 31.5 Å². The van der Waals surface area contributed by atoms with Crippen LogP contribution in [-0.4, -0.2) is 5.78 Å². The average Bonchev–Trinajstić information content (AvgIpc) is 2.81. The van der Waals surface area contributed by atoms with E-state index in [0.29, 0.717) is 21.2 Å². The lowest BCUT2D eigenvalue weighted by Gasteiger charge is -2.03. The summed E-state index contributed by atoms with van der Waals surface area (Å²) in [6, 6.07) is 10.9. The van der Waals surface area contributed by atoms with E-state index in [4.69, 9.17) is 27.6 Å². The van der Waals surface area contributed by atoms with Gasteiger partial charge < -0.3 is 4.42 Å². The van der Waals surface area contributed by atoms with E-state index in [2.05, 4.69) is 0 Å². The highest BCUT2D eigenvalue weighted by Crippen LogP contribution is 2.41. The molecule has 106 valence electrons. The predicted molar refractivity (Wildman–Crippen MR) is 86.4 cm³/mol. The Labute approximate surface area is 132 Å². The Morgan fingerprint density at radius 1 is 1.00 bits per heavy atom. The summed E-state index contributed by atoms with van der Waals surface area (Å²) in [5.41, 5.74) is 3.12. The Morgan fingerprint density at radius 2 is 1.62 bits per heavy atom. The third-order valence-electron chi connectivity index (χ3n) is 3.50. The maximum atomic E-state index is 11.4. The normalized spacial score (nSPS) is 11.0. The highest BCUT2D eigenvalue weighted by molar-refractivity contribution is 6.40. The van der Waals surface area contributed by atoms with Crippen LogP contribution in [0.25, 0.3) is 22.1 Å². The molecule has 4 heteroatoms. The van der Waals surface area contributed by atoms with Crippen molar-refractivity contribution < 1.29 is 9.21 Å². The summed E-state index contributed by atoms with van der Waals surface area (Å²) in [6.07, 6.45) is 0. The van der Waals surface area contributed by atoms with Gasteiger partial charge >= 0.3 is 0 Å². The molecule has 1 aromatic heterocycles. The third kappa shape index (κ3) is 2.35. The Hall–Kier alpha value is -1.77. The number of hydrogen-bond acceptors (Lipinski definition) is 2. The summed E-state index contributed by atoms with van der Waals surface area (Å²) in [5, 5.41) is 1.93. The third-order valence-corrected chi connectivity index (χ3v) is 4.11. The van der Waals surface area contributed by atoms with Gasteiger partial charge in [0.2, 0.25) is 0 Å². The first-order chi connectivity index (χ1) is 9.99. The fourth-order valence-electron chi connectivity index (χ4n) is 2.47. The smallest absolute Gasteiger partial charge is 0.159 e. The van der Waals surface area contributed by atoms with Crippen LogP contribution in [0.15, 0.2) is 40.8 Å². The maximum absolute atomic E-state index is 11.4. The number of fused-ring (bicyclic) bond motifs is 1. The summed E-state index contributed by atoms with van der Waals surface area (Å²) in [7, 11) is 0. The molecular weight excluding hydrogens is 307 g/mol. The molecule has 0 amide bonds. The molecule has 0 atom stereocenters. The largest absolute Gasteiger partial charge is 0.459 e. The van der Waals surface area contributed by atoms with Gasteiger partial charge in [-0.3, -0.25) is 4.79 Å². The fourth-order valence-corrected chi connectivity index (χ4v) is 2.90. The van der Waals surface area contributed by atoms with Crippen molar-refractivity contribution in [3.05, 3.63) is 57.8 Å². The van der Waals surface area contributed by atoms with Crippen LogP contribution in [-0.2, 0) is 0 Å². The molecule has 0 saturated carbocycles. The van der Waals surface area contributed by atoms with Crippen molar-refractivity contribution in [1.29, 1.82) is 0 Å². The zero-order chi connectivity index (χ0) is 15.1. The molecule has 3 rings (SSSR count). The topological polar surface area (TPSA) is 30.2 Å². The standard InChI is InChI=1S/C17H12Cl2O2/c1-9(20)11-3-5-12(6-4-11)15-10(2)21-17-14(19)8-7-13(18)16(15)17/h3-8H,1-2H3. The number of aryl methyl sites for hydroxylation is 1. The lowest BCUT2D eigenvalue weighted by atomic mass is 10.00. The van der Waals surface area contributed by atoms with Crippen LogP contribution in [0.2, 0.25) is 10.0 Å². The SMILES string of the molecule is CC(=O)c1ccc(-c2c(C)oc3c(Cl)ccc(Cl)c23)cc1. The van der Waals surface area contributed by atoms with Crippen LogP contribution in [0.3, 0.4) is 0 Å². The zero-order valence-corrected chi connectivity index (χ0v) is 13.0. The number of carbonyl (C=O) groups is 1. The quantitative estimate of drug-likeness (QED) is 0.549. The van der Waals surface area contributed by atoms with E-state index in [1.54, 1.807) is 31.2 Å². The van der Waals surface area contributed by atoms with Crippen molar-refractivity contribution >= 4 is 40.0 Å². The second-order valence-corrected chi connectivity index (χ2v) is 5.71. The molecule has 3 aromatic rings. The Bertz CT molecular complexity index is 845. The van der Waals surface area contributed by atoms with Gasteiger partial charge in [0.25, 0.3) is 0 Å². The van der Waals surface area contributed by atoms with Gasteiger partial charge in [-0.2, -0.15) is 0 Å². The molecule has 0 N–H and O–H groups in total. The molecule has 2 nitrogen and oxygen atoms in total. The number of ketones is 1. The summed E-state index contributed by atoms with van der Waals surface area (Å²) in [4.78, 5) is 11.4. The first kappa shape index (κ1) is 14.2. The maximum Gasteiger partial charge on any atom is 0.159 e. The number of benzene rings is 2. The zero-order valence-electron chi connectivity index (χ0n) is 11.5. The lowest BCUT2D eigenvalue weighted by molar-refractivity contribution is 0.101. The Balaban J connectivity index is 2.27. The van der Waals surface area contributed by atoms with Crippen molar-refractivity contribution in [1.82, 2.24) is 0 Å². The molecule has 0 saturated heterocycles. The molecule has 0 aliphatic rings. The van der Waals surface area contributed by atoms with Crippen molar-refractivity contribution in [2.45, 2.75) is 13.8 Å². The molecule has 0 spiro atoms. The molecule has 0 bridgehead atoms. The number of rotatable bonds is 2. The predicted octanol–water partition coefficient (Wildman–Crippen LogP) is 5.92. The van der Waals surface area contributed by atoms with Crippen LogP contribution >= 0.6 is 23.2 Å². The monoisotopic (exact) mass is 318 g/mol. The van der Waals surface area contributed by atoms with Gasteiger partial charge in [-0.25, -0.2) is 0 Å². The molecule has 2 aromatic carbocycles. The lowest BCUT2D eigenvalue weighted by Crippen LogP contribution is -1.91. The van der Waals surface area contributed by atoms with Crippen LogP contribution in [0, 0.1) is 6.92 Å². The first-order valence-corrected chi connectivity index (χ1v) is 7.23. The summed E-state index contributed by atoms with van der Waals surface area (Å²) in [6.45, 7) is 3.42.